The lowest BCUT2D eigenvalue weighted by atomic mass is 10.1. The van der Waals surface area contributed by atoms with Gasteiger partial charge in [-0.1, -0.05) is 71.1 Å². The normalized spacial score (nSPS) is 15.6. The van der Waals surface area contributed by atoms with Crippen LogP contribution < -0.4 is 0 Å². The molecule has 1 aliphatic heterocycles. The van der Waals surface area contributed by atoms with E-state index in [2.05, 4.69) is 18.4 Å². The third-order valence-corrected chi connectivity index (χ3v) is 4.28. The number of rotatable bonds is 11. The Hall–Kier alpha value is -0.550. The highest BCUT2D eigenvalue weighted by molar-refractivity contribution is 4.64. The summed E-state index contributed by atoms with van der Waals surface area (Å²) < 4.78 is 0. The first-order valence-electron chi connectivity index (χ1n) is 8.91. The van der Waals surface area contributed by atoms with E-state index < -0.39 is 0 Å². The van der Waals surface area contributed by atoms with E-state index in [9.17, 15) is 0 Å². The van der Waals surface area contributed by atoms with Crippen molar-refractivity contribution in [2.45, 2.75) is 90.4 Å². The molecule has 0 amide bonds. The fourth-order valence-electron chi connectivity index (χ4n) is 3.01. The van der Waals surface area contributed by atoms with Crippen LogP contribution in [-0.2, 0) is 0 Å². The molecule has 1 saturated heterocycles. The molecule has 1 rings (SSSR count). The van der Waals surface area contributed by atoms with Crippen molar-refractivity contribution >= 4 is 0 Å². The van der Waals surface area contributed by atoms with Crippen LogP contribution in [0, 0.1) is 11.8 Å². The molecule has 0 unspecified atom stereocenters. The summed E-state index contributed by atoms with van der Waals surface area (Å²) in [5, 5.41) is 6.50. The van der Waals surface area contributed by atoms with Crippen LogP contribution in [0.5, 0.6) is 0 Å². The van der Waals surface area contributed by atoms with Gasteiger partial charge in [0, 0.05) is 6.57 Å². The zero-order chi connectivity index (χ0) is 14.9. The molecule has 0 radical (unpaired) electrons. The first-order chi connectivity index (χ1) is 9.93. The summed E-state index contributed by atoms with van der Waals surface area (Å²) in [5.74, 6) is 0. The molecule has 0 aromatic heterocycles. The third-order valence-electron chi connectivity index (χ3n) is 4.28. The zero-order valence-corrected chi connectivity index (χ0v) is 13.8. The number of hydrogen-bond acceptors (Lipinski definition) is 2. The van der Waals surface area contributed by atoms with Crippen LogP contribution in [0.3, 0.4) is 0 Å². The number of likely N-dealkylation sites (tertiary alicyclic amines) is 1. The van der Waals surface area contributed by atoms with Crippen molar-refractivity contribution < 1.29 is 0 Å². The lowest BCUT2D eigenvalue weighted by Crippen LogP contribution is -2.30. The fourth-order valence-corrected chi connectivity index (χ4v) is 3.01. The van der Waals surface area contributed by atoms with Crippen LogP contribution in [0.2, 0.25) is 0 Å². The van der Waals surface area contributed by atoms with Crippen LogP contribution >= 0.6 is 0 Å². The molecule has 0 N–H and O–H groups in total. The van der Waals surface area contributed by atoms with Gasteiger partial charge in [-0.3, -0.25) is 0 Å². The van der Waals surface area contributed by atoms with E-state index in [-0.39, 0.29) is 0 Å². The van der Waals surface area contributed by atoms with Gasteiger partial charge < -0.3 is 4.90 Å². The average molecular weight is 280 g/mol. The van der Waals surface area contributed by atoms with Crippen LogP contribution in [0.4, 0.5) is 0 Å². The summed E-state index contributed by atoms with van der Waals surface area (Å²) in [5.41, 5.74) is 0. The van der Waals surface area contributed by atoms with Gasteiger partial charge in [-0.05, 0) is 38.9 Å². The highest BCUT2D eigenvalue weighted by Gasteiger charge is 2.08. The SMILES string of the molecule is C#N.CCCCCCCCCCCCN1CCCCC1. The Morgan fingerprint density at radius 3 is 1.65 bits per heavy atom. The van der Waals surface area contributed by atoms with Crippen LogP contribution in [-0.4, -0.2) is 24.5 Å². The summed E-state index contributed by atoms with van der Waals surface area (Å²) in [6, 6.07) is 0. The summed E-state index contributed by atoms with van der Waals surface area (Å²) in [6.07, 6.45) is 18.9. The second-order valence-electron chi connectivity index (χ2n) is 6.08. The van der Waals surface area contributed by atoms with Crippen molar-refractivity contribution in [2.75, 3.05) is 19.6 Å². The molecule has 0 aromatic rings. The van der Waals surface area contributed by atoms with E-state index in [1.165, 1.54) is 103 Å². The van der Waals surface area contributed by atoms with Crippen molar-refractivity contribution in [1.82, 2.24) is 4.90 Å². The molecule has 0 aromatic carbocycles. The Labute approximate surface area is 127 Å². The lowest BCUT2D eigenvalue weighted by molar-refractivity contribution is 0.224. The lowest BCUT2D eigenvalue weighted by Gasteiger charge is -2.26. The van der Waals surface area contributed by atoms with E-state index in [4.69, 9.17) is 5.26 Å². The first kappa shape index (κ1) is 19.4. The molecular formula is C18H36N2. The van der Waals surface area contributed by atoms with E-state index >= 15 is 0 Å². The summed E-state index contributed by atoms with van der Waals surface area (Å²) in [4.78, 5) is 2.67. The molecule has 1 aliphatic rings. The quantitative estimate of drug-likeness (QED) is 0.465. The fraction of sp³-hybridized carbons (Fsp3) is 0.944. The molecule has 2 nitrogen and oxygen atoms in total. The molecule has 20 heavy (non-hydrogen) atoms. The molecule has 2 heteroatoms. The average Bonchev–Trinajstić information content (AvgIpc) is 2.52. The van der Waals surface area contributed by atoms with Gasteiger partial charge in [0.15, 0.2) is 0 Å². The van der Waals surface area contributed by atoms with Crippen molar-refractivity contribution in [3.05, 3.63) is 0 Å². The maximum Gasteiger partial charge on any atom is 0.0462 e. The topological polar surface area (TPSA) is 27.0 Å². The molecule has 1 heterocycles. The highest BCUT2D eigenvalue weighted by atomic mass is 15.1. The molecule has 0 atom stereocenters. The van der Waals surface area contributed by atoms with E-state index in [1.807, 2.05) is 0 Å². The first-order valence-corrected chi connectivity index (χ1v) is 8.91. The Kier molecular flexibility index (Phi) is 16.1. The van der Waals surface area contributed by atoms with Crippen molar-refractivity contribution in [1.29, 1.82) is 5.26 Å². The van der Waals surface area contributed by atoms with Gasteiger partial charge in [0.1, 0.15) is 0 Å². The van der Waals surface area contributed by atoms with E-state index in [0.717, 1.165) is 0 Å². The van der Waals surface area contributed by atoms with Crippen molar-refractivity contribution in [3.63, 3.8) is 0 Å². The maximum atomic E-state index is 6.50. The summed E-state index contributed by atoms with van der Waals surface area (Å²) in [7, 11) is 0. The highest BCUT2D eigenvalue weighted by Crippen LogP contribution is 2.12. The molecular weight excluding hydrogens is 244 g/mol. The van der Waals surface area contributed by atoms with Gasteiger partial charge >= 0.3 is 0 Å². The van der Waals surface area contributed by atoms with Gasteiger partial charge in [-0.15, -0.1) is 0 Å². The predicted octanol–water partition coefficient (Wildman–Crippen LogP) is 5.53. The molecule has 0 spiro atoms. The minimum Gasteiger partial charge on any atom is -0.303 e. The van der Waals surface area contributed by atoms with Crippen LogP contribution in [0.1, 0.15) is 90.4 Å². The van der Waals surface area contributed by atoms with Gasteiger partial charge in [0.2, 0.25) is 0 Å². The van der Waals surface area contributed by atoms with E-state index in [0.29, 0.717) is 0 Å². The minimum atomic E-state index is 1.37. The predicted molar refractivity (Wildman–Crippen MR) is 88.8 cm³/mol. The second-order valence-corrected chi connectivity index (χ2v) is 6.08. The Morgan fingerprint density at radius 1 is 0.700 bits per heavy atom. The van der Waals surface area contributed by atoms with Crippen LogP contribution in [0.25, 0.3) is 0 Å². The monoisotopic (exact) mass is 280 g/mol. The van der Waals surface area contributed by atoms with Gasteiger partial charge in [-0.25, -0.2) is 5.26 Å². The maximum absolute atomic E-state index is 6.50. The molecule has 0 bridgehead atoms. The van der Waals surface area contributed by atoms with Crippen molar-refractivity contribution in [3.8, 4) is 6.57 Å². The van der Waals surface area contributed by atoms with Gasteiger partial charge in [0.25, 0.3) is 0 Å². The summed E-state index contributed by atoms with van der Waals surface area (Å²) in [6.45, 7) is 9.91. The van der Waals surface area contributed by atoms with Crippen molar-refractivity contribution in [2.24, 2.45) is 0 Å². The Morgan fingerprint density at radius 2 is 1.15 bits per heavy atom. The number of hydrogen-bond donors (Lipinski definition) is 0. The number of nitriles is 1. The van der Waals surface area contributed by atoms with Gasteiger partial charge in [0.05, 0.1) is 0 Å². The standard InChI is InChI=1S/C17H35N.CHN/c1-2-3-4-5-6-7-8-9-10-12-15-18-16-13-11-14-17-18;1-2/h2-17H2,1H3;1H. The number of nitrogens with zero attached hydrogens (tertiary/aromatic N) is 2. The Balaban J connectivity index is 0.00000172. The molecule has 118 valence electrons. The third kappa shape index (κ3) is 12.5. The second kappa shape index (κ2) is 16.5. The molecule has 0 aliphatic carbocycles. The smallest absolute Gasteiger partial charge is 0.0462 e. The number of unbranched alkanes of at least 4 members (excludes halogenated alkanes) is 9. The van der Waals surface area contributed by atoms with E-state index in [1.54, 1.807) is 0 Å². The largest absolute Gasteiger partial charge is 0.303 e. The Bertz CT molecular complexity index is 195. The minimum absolute atomic E-state index is 1.37. The van der Waals surface area contributed by atoms with Gasteiger partial charge in [-0.2, -0.15) is 0 Å². The molecule has 0 saturated carbocycles. The zero-order valence-electron chi connectivity index (χ0n) is 13.8. The van der Waals surface area contributed by atoms with Crippen LogP contribution in [0.15, 0.2) is 0 Å². The molecule has 1 fully saturated rings. The summed E-state index contributed by atoms with van der Waals surface area (Å²) >= 11 is 0. The number of piperidine rings is 1.